The van der Waals surface area contributed by atoms with Gasteiger partial charge in [-0.25, -0.2) is 4.79 Å². The molecule has 0 saturated carbocycles. The van der Waals surface area contributed by atoms with Crippen LogP contribution < -0.4 is 10.7 Å². The molecule has 3 aromatic rings. The molecule has 194 valence electrons. The molecule has 0 bridgehead atoms. The lowest BCUT2D eigenvalue weighted by Gasteiger charge is -2.19. The van der Waals surface area contributed by atoms with E-state index >= 15 is 0 Å². The number of aromatic carboxylic acids is 1. The average molecular weight is 500 g/mol. The Morgan fingerprint density at radius 1 is 1.11 bits per heavy atom. The zero-order valence-corrected chi connectivity index (χ0v) is 22.6. The van der Waals surface area contributed by atoms with Crippen molar-refractivity contribution in [3.63, 3.8) is 0 Å². The second-order valence-corrected chi connectivity index (χ2v) is 10.2. The summed E-state index contributed by atoms with van der Waals surface area (Å²) < 4.78 is 6.45. The topological polar surface area (TPSA) is 79.5 Å². The summed E-state index contributed by atoms with van der Waals surface area (Å²) in [5, 5.41) is 13.4. The lowest BCUT2D eigenvalue weighted by Crippen LogP contribution is -2.13. The molecule has 0 aliphatic heterocycles. The van der Waals surface area contributed by atoms with E-state index in [1.807, 2.05) is 45.1 Å². The molecule has 2 aromatic carbocycles. The highest BCUT2D eigenvalue weighted by Gasteiger charge is 2.19. The Morgan fingerprint density at radius 3 is 2.46 bits per heavy atom. The molecule has 0 amide bonds. The number of hydrogen-bond acceptors (Lipinski definition) is 4. The SMILES string of the molecule is C=C(C)/C=C\C(=C\CC(C)C(C)C)c1cc(=O)c2cc(C)cc(C(C)Nc3ccccc3C(=O)O)c2o1. The number of carboxylic acid groups (broad SMARTS) is 1. The molecule has 1 aromatic heterocycles. The summed E-state index contributed by atoms with van der Waals surface area (Å²) in [5.41, 5.74) is 4.50. The number of para-hydroxylation sites is 1. The van der Waals surface area contributed by atoms with Crippen molar-refractivity contribution in [2.45, 2.75) is 54.0 Å². The Hall–Kier alpha value is -3.86. The smallest absolute Gasteiger partial charge is 0.337 e. The Bertz CT molecular complexity index is 1420. The minimum absolute atomic E-state index is 0.120. The van der Waals surface area contributed by atoms with Crippen molar-refractivity contribution in [3.05, 3.63) is 106 Å². The summed E-state index contributed by atoms with van der Waals surface area (Å²) in [6.07, 6.45) is 6.82. The van der Waals surface area contributed by atoms with Crippen molar-refractivity contribution in [2.75, 3.05) is 5.32 Å². The first-order valence-electron chi connectivity index (χ1n) is 12.7. The number of nitrogens with one attached hydrogen (secondary N) is 1. The van der Waals surface area contributed by atoms with Crippen molar-refractivity contribution < 1.29 is 14.3 Å². The molecule has 0 aliphatic rings. The second-order valence-electron chi connectivity index (χ2n) is 10.2. The number of allylic oxidation sites excluding steroid dienone is 5. The van der Waals surface area contributed by atoms with Gasteiger partial charge in [-0.1, -0.05) is 69.4 Å². The van der Waals surface area contributed by atoms with E-state index in [9.17, 15) is 14.7 Å². The van der Waals surface area contributed by atoms with E-state index in [4.69, 9.17) is 4.42 Å². The highest BCUT2D eigenvalue weighted by atomic mass is 16.4. The minimum atomic E-state index is -1.01. The zero-order chi connectivity index (χ0) is 27.3. The summed E-state index contributed by atoms with van der Waals surface area (Å²) in [6, 6.07) is 11.8. The Kier molecular flexibility index (Phi) is 8.93. The van der Waals surface area contributed by atoms with E-state index in [0.29, 0.717) is 34.3 Å². The maximum atomic E-state index is 13.3. The van der Waals surface area contributed by atoms with Crippen molar-refractivity contribution in [3.8, 4) is 0 Å². The predicted molar refractivity (Wildman–Crippen MR) is 153 cm³/mol. The fourth-order valence-corrected chi connectivity index (χ4v) is 4.07. The molecule has 2 unspecified atom stereocenters. The van der Waals surface area contributed by atoms with Crippen molar-refractivity contribution >= 4 is 28.2 Å². The molecule has 37 heavy (non-hydrogen) atoms. The van der Waals surface area contributed by atoms with Gasteiger partial charge in [0.1, 0.15) is 11.3 Å². The maximum Gasteiger partial charge on any atom is 0.337 e. The summed E-state index contributed by atoms with van der Waals surface area (Å²) >= 11 is 0. The second kappa shape index (κ2) is 11.9. The highest BCUT2D eigenvalue weighted by molar-refractivity contribution is 5.94. The van der Waals surface area contributed by atoms with Crippen molar-refractivity contribution in [2.24, 2.45) is 11.8 Å². The van der Waals surface area contributed by atoms with Crippen LogP contribution in [0, 0.1) is 18.8 Å². The Labute approximate surface area is 219 Å². The maximum absolute atomic E-state index is 13.3. The van der Waals surface area contributed by atoms with Crippen LogP contribution in [0.25, 0.3) is 16.5 Å². The number of fused-ring (bicyclic) bond motifs is 1. The van der Waals surface area contributed by atoms with Crippen LogP contribution in [0.5, 0.6) is 0 Å². The number of aryl methyl sites for hydroxylation is 1. The van der Waals surface area contributed by atoms with Gasteiger partial charge in [0, 0.05) is 22.9 Å². The monoisotopic (exact) mass is 499 g/mol. The predicted octanol–water partition coefficient (Wildman–Crippen LogP) is 8.17. The van der Waals surface area contributed by atoms with E-state index in [-0.39, 0.29) is 17.0 Å². The first-order valence-corrected chi connectivity index (χ1v) is 12.7. The van der Waals surface area contributed by atoms with E-state index in [1.165, 1.54) is 0 Å². The number of carbonyl (C=O) groups is 1. The fraction of sp³-hybridized carbons (Fsp3) is 0.312. The van der Waals surface area contributed by atoms with Crippen LogP contribution in [-0.2, 0) is 0 Å². The molecule has 3 rings (SSSR count). The van der Waals surface area contributed by atoms with Gasteiger partial charge in [0.15, 0.2) is 5.43 Å². The average Bonchev–Trinajstić information content (AvgIpc) is 2.83. The van der Waals surface area contributed by atoms with E-state index in [2.05, 4.69) is 38.7 Å². The number of anilines is 1. The molecule has 2 atom stereocenters. The van der Waals surface area contributed by atoms with Gasteiger partial charge in [-0.2, -0.15) is 0 Å². The molecule has 0 aliphatic carbocycles. The van der Waals surface area contributed by atoms with Gasteiger partial charge in [-0.15, -0.1) is 0 Å². The van der Waals surface area contributed by atoms with Crippen LogP contribution >= 0.6 is 0 Å². The van der Waals surface area contributed by atoms with E-state index < -0.39 is 5.97 Å². The van der Waals surface area contributed by atoms with Crippen LogP contribution in [0.1, 0.15) is 74.3 Å². The molecular formula is C32H37NO4. The van der Waals surface area contributed by atoms with Crippen molar-refractivity contribution in [1.82, 2.24) is 0 Å². The summed E-state index contributed by atoms with van der Waals surface area (Å²) in [4.78, 5) is 25.0. The molecule has 5 heteroatoms. The van der Waals surface area contributed by atoms with Crippen LogP contribution in [0.15, 0.2) is 82.1 Å². The largest absolute Gasteiger partial charge is 0.478 e. The summed E-state index contributed by atoms with van der Waals surface area (Å²) in [5.74, 6) is 0.487. The number of hydrogen-bond donors (Lipinski definition) is 2. The van der Waals surface area contributed by atoms with E-state index in [0.717, 1.165) is 28.7 Å². The first kappa shape index (κ1) is 27.7. The highest BCUT2D eigenvalue weighted by Crippen LogP contribution is 2.31. The lowest BCUT2D eigenvalue weighted by atomic mass is 9.93. The number of benzene rings is 2. The fourth-order valence-electron chi connectivity index (χ4n) is 4.07. The van der Waals surface area contributed by atoms with Crippen LogP contribution in [0.2, 0.25) is 0 Å². The Balaban J connectivity index is 2.15. The van der Waals surface area contributed by atoms with Crippen molar-refractivity contribution in [1.29, 1.82) is 0 Å². The normalized spacial score (nSPS) is 13.8. The van der Waals surface area contributed by atoms with Crippen LogP contribution in [0.4, 0.5) is 5.69 Å². The van der Waals surface area contributed by atoms with E-state index in [1.54, 1.807) is 30.3 Å². The number of carboxylic acids is 1. The van der Waals surface area contributed by atoms with Gasteiger partial charge in [-0.3, -0.25) is 4.79 Å². The van der Waals surface area contributed by atoms with Gasteiger partial charge >= 0.3 is 5.97 Å². The summed E-state index contributed by atoms with van der Waals surface area (Å²) in [7, 11) is 0. The zero-order valence-electron chi connectivity index (χ0n) is 22.6. The lowest BCUT2D eigenvalue weighted by molar-refractivity contribution is 0.0698. The first-order chi connectivity index (χ1) is 17.5. The van der Waals surface area contributed by atoms with Crippen LogP contribution in [-0.4, -0.2) is 11.1 Å². The molecule has 0 fully saturated rings. The third-order valence-electron chi connectivity index (χ3n) is 6.68. The molecule has 0 saturated heterocycles. The molecule has 1 heterocycles. The molecular weight excluding hydrogens is 462 g/mol. The molecule has 2 N–H and O–H groups in total. The molecule has 0 radical (unpaired) electrons. The minimum Gasteiger partial charge on any atom is -0.478 e. The summed E-state index contributed by atoms with van der Waals surface area (Å²) in [6.45, 7) is 16.4. The third kappa shape index (κ3) is 6.88. The Morgan fingerprint density at radius 2 is 1.81 bits per heavy atom. The molecule has 0 spiro atoms. The van der Waals surface area contributed by atoms with Gasteiger partial charge in [0.2, 0.25) is 0 Å². The number of rotatable bonds is 10. The standard InChI is InChI=1S/C32H37NO4/c1-19(2)12-14-24(15-13-22(6)20(3)4)30-18-29(34)27-17-21(5)16-26(31(27)37-30)23(7)33-28-11-9-8-10-25(28)32(35)36/h8-12,14-18,20,22-23,33H,1,13H2,2-7H3,(H,35,36)/b14-12-,24-15-. The molecule has 5 nitrogen and oxygen atoms in total. The van der Waals surface area contributed by atoms with Gasteiger partial charge in [0.05, 0.1) is 17.0 Å². The van der Waals surface area contributed by atoms with Gasteiger partial charge in [-0.05, 0) is 62.8 Å². The third-order valence-corrected chi connectivity index (χ3v) is 6.68. The van der Waals surface area contributed by atoms with Gasteiger partial charge < -0.3 is 14.8 Å². The quantitative estimate of drug-likeness (QED) is 0.275. The van der Waals surface area contributed by atoms with Crippen LogP contribution in [0.3, 0.4) is 0 Å². The van der Waals surface area contributed by atoms with Gasteiger partial charge in [0.25, 0.3) is 0 Å².